The summed E-state index contributed by atoms with van der Waals surface area (Å²) in [6.45, 7) is 0. The van der Waals surface area contributed by atoms with Crippen LogP contribution in [0.3, 0.4) is 0 Å². The highest BCUT2D eigenvalue weighted by atomic mass is 32.2. The lowest BCUT2D eigenvalue weighted by Gasteiger charge is -2.11. The highest BCUT2D eigenvalue weighted by molar-refractivity contribution is 7.90. The van der Waals surface area contributed by atoms with Crippen LogP contribution in [0.2, 0.25) is 0 Å². The van der Waals surface area contributed by atoms with E-state index in [0.717, 1.165) is 22.2 Å². The number of hydrogen-bond donors (Lipinski definition) is 0. The van der Waals surface area contributed by atoms with Crippen LogP contribution in [0, 0.1) is 11.6 Å². The maximum atomic E-state index is 13.4. The maximum absolute atomic E-state index is 13.4. The largest absolute Gasteiger partial charge is 0.268 e. The van der Waals surface area contributed by atoms with Gasteiger partial charge in [-0.05, 0) is 36.4 Å². The zero-order valence-electron chi connectivity index (χ0n) is 11.3. The van der Waals surface area contributed by atoms with Gasteiger partial charge in [0, 0.05) is 17.8 Å². The minimum Gasteiger partial charge on any atom is -0.241 e. The molecule has 22 heavy (non-hydrogen) atoms. The van der Waals surface area contributed by atoms with Crippen molar-refractivity contribution in [3.05, 3.63) is 78.5 Å². The molecule has 0 saturated heterocycles. The van der Waals surface area contributed by atoms with Crippen LogP contribution in [0.5, 0.6) is 0 Å². The molecule has 0 unspecified atom stereocenters. The van der Waals surface area contributed by atoms with E-state index in [0.29, 0.717) is 0 Å². The van der Waals surface area contributed by atoms with E-state index >= 15 is 0 Å². The molecule has 0 aliphatic rings. The molecule has 6 heteroatoms. The van der Waals surface area contributed by atoms with Gasteiger partial charge in [0.1, 0.15) is 11.6 Å². The second-order valence-corrected chi connectivity index (χ2v) is 6.48. The first-order valence-corrected chi connectivity index (χ1v) is 7.87. The van der Waals surface area contributed by atoms with Crippen molar-refractivity contribution >= 4 is 10.0 Å². The third-order valence-electron chi connectivity index (χ3n) is 3.17. The normalized spacial score (nSPS) is 11.5. The van der Waals surface area contributed by atoms with Crippen molar-refractivity contribution < 1.29 is 17.2 Å². The quantitative estimate of drug-likeness (QED) is 0.739. The van der Waals surface area contributed by atoms with E-state index in [2.05, 4.69) is 0 Å². The van der Waals surface area contributed by atoms with Crippen molar-refractivity contribution in [2.75, 3.05) is 0 Å². The number of hydrogen-bond acceptors (Lipinski definition) is 2. The van der Waals surface area contributed by atoms with E-state index in [9.17, 15) is 17.2 Å². The van der Waals surface area contributed by atoms with Crippen LogP contribution < -0.4 is 0 Å². The summed E-state index contributed by atoms with van der Waals surface area (Å²) < 4.78 is 53.0. The molecule has 0 N–H and O–H groups in total. The van der Waals surface area contributed by atoms with Crippen molar-refractivity contribution in [1.82, 2.24) is 3.97 Å². The molecule has 1 aromatic heterocycles. The molecule has 0 radical (unpaired) electrons. The van der Waals surface area contributed by atoms with Crippen molar-refractivity contribution in [2.45, 2.75) is 4.90 Å². The van der Waals surface area contributed by atoms with Crippen LogP contribution in [0.1, 0.15) is 0 Å². The van der Waals surface area contributed by atoms with Gasteiger partial charge in [0.15, 0.2) is 0 Å². The van der Waals surface area contributed by atoms with Crippen LogP contribution >= 0.6 is 0 Å². The van der Waals surface area contributed by atoms with Crippen LogP contribution in [-0.4, -0.2) is 12.4 Å². The lowest BCUT2D eigenvalue weighted by Crippen LogP contribution is -2.13. The first-order valence-electron chi connectivity index (χ1n) is 6.43. The fraction of sp³-hybridized carbons (Fsp3) is 0. The summed E-state index contributed by atoms with van der Waals surface area (Å²) in [6.07, 6.45) is 1.35. The molecule has 3 rings (SSSR count). The summed E-state index contributed by atoms with van der Waals surface area (Å²) in [4.78, 5) is 0.101. The zero-order valence-corrected chi connectivity index (χ0v) is 12.1. The van der Waals surface area contributed by atoms with Crippen molar-refractivity contribution in [3.8, 4) is 11.3 Å². The van der Waals surface area contributed by atoms with E-state index in [1.165, 1.54) is 30.5 Å². The van der Waals surface area contributed by atoms with Gasteiger partial charge in [0.05, 0.1) is 10.6 Å². The molecule has 2 aromatic carbocycles. The Balaban J connectivity index is 2.18. The minimum absolute atomic E-state index is 0.101. The molecular weight excluding hydrogens is 308 g/mol. The summed E-state index contributed by atoms with van der Waals surface area (Å²) in [7, 11) is -3.83. The fourth-order valence-corrected chi connectivity index (χ4v) is 3.59. The topological polar surface area (TPSA) is 39.1 Å². The summed E-state index contributed by atoms with van der Waals surface area (Å²) in [5.41, 5.74) is 0.351. The van der Waals surface area contributed by atoms with Gasteiger partial charge < -0.3 is 0 Å². The maximum Gasteiger partial charge on any atom is 0.268 e. The second kappa shape index (κ2) is 5.38. The third kappa shape index (κ3) is 2.53. The predicted molar refractivity (Wildman–Crippen MR) is 78.8 cm³/mol. The molecular formula is C16H11F2NO2S. The Labute approximate surface area is 126 Å². The van der Waals surface area contributed by atoms with Crippen molar-refractivity contribution in [1.29, 1.82) is 0 Å². The molecule has 1 heterocycles. The second-order valence-electron chi connectivity index (χ2n) is 4.67. The van der Waals surface area contributed by atoms with Crippen LogP contribution in [0.25, 0.3) is 11.3 Å². The number of rotatable bonds is 3. The van der Waals surface area contributed by atoms with Crippen LogP contribution in [-0.2, 0) is 10.0 Å². The van der Waals surface area contributed by atoms with Gasteiger partial charge in [-0.2, -0.15) is 0 Å². The lowest BCUT2D eigenvalue weighted by atomic mass is 10.1. The molecule has 0 aliphatic heterocycles. The van der Waals surface area contributed by atoms with E-state index in [1.54, 1.807) is 18.2 Å². The molecule has 112 valence electrons. The van der Waals surface area contributed by atoms with Crippen LogP contribution in [0.15, 0.2) is 71.8 Å². The highest BCUT2D eigenvalue weighted by Gasteiger charge is 2.20. The molecule has 0 atom stereocenters. The van der Waals surface area contributed by atoms with Gasteiger partial charge in [-0.15, -0.1) is 0 Å². The molecule has 3 nitrogen and oxygen atoms in total. The average molecular weight is 319 g/mol. The number of nitrogens with zero attached hydrogens (tertiary/aromatic N) is 1. The van der Waals surface area contributed by atoms with Crippen molar-refractivity contribution in [3.63, 3.8) is 0 Å². The number of benzene rings is 2. The lowest BCUT2D eigenvalue weighted by molar-refractivity contribution is 0.582. The third-order valence-corrected chi connectivity index (χ3v) is 4.88. The van der Waals surface area contributed by atoms with E-state index < -0.39 is 21.7 Å². The molecule has 0 spiro atoms. The Morgan fingerprint density at radius 1 is 0.818 bits per heavy atom. The molecule has 0 amide bonds. The van der Waals surface area contributed by atoms with Gasteiger partial charge >= 0.3 is 0 Å². The van der Waals surface area contributed by atoms with E-state index in [4.69, 9.17) is 0 Å². The SMILES string of the molecule is O=S(=O)(c1ccccc1)n1cccc1-c1cc(F)cc(F)c1. The zero-order chi connectivity index (χ0) is 15.7. The Morgan fingerprint density at radius 3 is 2.09 bits per heavy atom. The number of halogens is 2. The standard InChI is InChI=1S/C16H11F2NO2S/c17-13-9-12(10-14(18)11-13)16-7-4-8-19(16)22(20,21)15-5-2-1-3-6-15/h1-11H. The van der Waals surface area contributed by atoms with Gasteiger partial charge in [-0.25, -0.2) is 21.2 Å². The van der Waals surface area contributed by atoms with E-state index in [1.807, 2.05) is 0 Å². The van der Waals surface area contributed by atoms with Gasteiger partial charge in [0.2, 0.25) is 0 Å². The Hall–Kier alpha value is -2.47. The first-order chi connectivity index (χ1) is 10.5. The molecule has 0 fully saturated rings. The highest BCUT2D eigenvalue weighted by Crippen LogP contribution is 2.26. The smallest absolute Gasteiger partial charge is 0.241 e. The van der Waals surface area contributed by atoms with Gasteiger partial charge in [-0.1, -0.05) is 18.2 Å². The molecule has 3 aromatic rings. The molecule has 0 aliphatic carbocycles. The summed E-state index contributed by atoms with van der Waals surface area (Å²) >= 11 is 0. The van der Waals surface area contributed by atoms with Crippen LogP contribution in [0.4, 0.5) is 8.78 Å². The average Bonchev–Trinajstić information content (AvgIpc) is 2.97. The minimum atomic E-state index is -3.83. The van der Waals surface area contributed by atoms with E-state index in [-0.39, 0.29) is 16.2 Å². The monoisotopic (exact) mass is 319 g/mol. The summed E-state index contributed by atoms with van der Waals surface area (Å²) in [6, 6.07) is 13.8. The fourth-order valence-electron chi connectivity index (χ4n) is 2.21. The Kier molecular flexibility index (Phi) is 3.54. The van der Waals surface area contributed by atoms with Crippen molar-refractivity contribution in [2.24, 2.45) is 0 Å². The van der Waals surface area contributed by atoms with Gasteiger partial charge in [0.25, 0.3) is 10.0 Å². The first kappa shape index (κ1) is 14.5. The summed E-state index contributed by atoms with van der Waals surface area (Å²) in [5, 5.41) is 0. The molecule has 0 saturated carbocycles. The summed E-state index contributed by atoms with van der Waals surface area (Å²) in [5.74, 6) is -1.53. The Morgan fingerprint density at radius 2 is 1.45 bits per heavy atom. The van der Waals surface area contributed by atoms with Gasteiger partial charge in [-0.3, -0.25) is 0 Å². The number of aromatic nitrogens is 1. The molecule has 0 bridgehead atoms. The predicted octanol–water partition coefficient (Wildman–Crippen LogP) is 3.67. The Bertz CT molecular complexity index is 898.